The summed E-state index contributed by atoms with van der Waals surface area (Å²) in [6, 6.07) is 19.4. The Morgan fingerprint density at radius 2 is 1.56 bits per heavy atom. The van der Waals surface area contributed by atoms with Gasteiger partial charge in [-0.2, -0.15) is 0 Å². The molecule has 1 aliphatic heterocycles. The van der Waals surface area contributed by atoms with E-state index < -0.39 is 52.7 Å². The van der Waals surface area contributed by atoms with Crippen molar-refractivity contribution in [2.24, 2.45) is 0 Å². The van der Waals surface area contributed by atoms with E-state index >= 15 is 0 Å². The average molecular weight is 608 g/mol. The number of nitro groups is 1. The Balaban J connectivity index is 1.64. The van der Waals surface area contributed by atoms with E-state index in [4.69, 9.17) is 23.7 Å². The lowest BCUT2D eigenvalue weighted by atomic mass is 9.99. The molecule has 3 aromatic carbocycles. The molecule has 0 bridgehead atoms. The van der Waals surface area contributed by atoms with Gasteiger partial charge in [-0.15, -0.1) is 0 Å². The number of carbonyl (C=O) groups excluding carboxylic acids is 3. The SMILES string of the molecule is CC(=O)OC[C@H]1O[C@@H](Sc2ccc3ccccc3c2)[C@H](OC(C)=O)[C@@H](OCC#Cc2ccc([N+](=O)[O-])cc2)[C@H]1OC(C)=O. The molecule has 1 aliphatic rings. The summed E-state index contributed by atoms with van der Waals surface area (Å²) in [5.41, 5.74) is -0.386. The number of carbonyl (C=O) groups is 3. The van der Waals surface area contributed by atoms with Crippen molar-refractivity contribution in [3.63, 3.8) is 0 Å². The number of hydrogen-bond donors (Lipinski definition) is 0. The Hall–Kier alpha value is -4.44. The fourth-order valence-electron chi connectivity index (χ4n) is 4.46. The third kappa shape index (κ3) is 8.78. The van der Waals surface area contributed by atoms with Crippen LogP contribution >= 0.6 is 11.8 Å². The third-order valence-electron chi connectivity index (χ3n) is 6.28. The first kappa shape index (κ1) is 31.5. The van der Waals surface area contributed by atoms with Gasteiger partial charge in [0.05, 0.1) is 4.92 Å². The summed E-state index contributed by atoms with van der Waals surface area (Å²) in [4.78, 5) is 47.3. The molecule has 0 saturated carbocycles. The first-order valence-electron chi connectivity index (χ1n) is 13.2. The van der Waals surface area contributed by atoms with Gasteiger partial charge < -0.3 is 23.7 Å². The van der Waals surface area contributed by atoms with Gasteiger partial charge in [-0.3, -0.25) is 24.5 Å². The van der Waals surface area contributed by atoms with Crippen molar-refractivity contribution in [1.29, 1.82) is 0 Å². The van der Waals surface area contributed by atoms with E-state index in [1.54, 1.807) is 0 Å². The van der Waals surface area contributed by atoms with Crippen molar-refractivity contribution in [2.45, 2.75) is 55.5 Å². The topological polar surface area (TPSA) is 141 Å². The average Bonchev–Trinajstić information content (AvgIpc) is 2.96. The van der Waals surface area contributed by atoms with Crippen LogP contribution in [0.2, 0.25) is 0 Å². The molecule has 3 aromatic rings. The van der Waals surface area contributed by atoms with Crippen molar-refractivity contribution >= 4 is 46.1 Å². The highest BCUT2D eigenvalue weighted by molar-refractivity contribution is 7.99. The fraction of sp³-hybridized carbons (Fsp3) is 0.323. The standard InChI is InChI=1S/C31H29NO10S/c1-19(33)39-18-27-28(40-20(2)34)29(38-16-6-7-22-10-13-25(14-11-22)32(36)37)30(41-21(3)35)31(42-27)43-26-15-12-23-8-4-5-9-24(23)17-26/h4-5,8-15,17,27-31H,16,18H2,1-3H3/t27-,28+,29+,30-,31+/m1/s1. The fourth-order valence-corrected chi connectivity index (χ4v) is 5.62. The first-order chi connectivity index (χ1) is 20.6. The Kier molecular flexibility index (Phi) is 10.7. The second-order valence-electron chi connectivity index (χ2n) is 9.50. The lowest BCUT2D eigenvalue weighted by Crippen LogP contribution is -2.61. The van der Waals surface area contributed by atoms with E-state index in [0.29, 0.717) is 5.56 Å². The molecule has 0 unspecified atom stereocenters. The number of rotatable bonds is 9. The predicted octanol–water partition coefficient (Wildman–Crippen LogP) is 4.43. The maximum atomic E-state index is 12.3. The van der Waals surface area contributed by atoms with E-state index in [1.807, 2.05) is 42.5 Å². The Morgan fingerprint density at radius 3 is 2.21 bits per heavy atom. The molecule has 0 amide bonds. The van der Waals surface area contributed by atoms with Crippen LogP contribution in [0.1, 0.15) is 26.3 Å². The van der Waals surface area contributed by atoms with Crippen LogP contribution in [-0.4, -0.2) is 65.9 Å². The normalized spacial score (nSPS) is 21.2. The molecule has 0 spiro atoms. The van der Waals surface area contributed by atoms with Crippen LogP contribution in [0.5, 0.6) is 0 Å². The molecular weight excluding hydrogens is 578 g/mol. The second-order valence-corrected chi connectivity index (χ2v) is 10.7. The van der Waals surface area contributed by atoms with Gasteiger partial charge in [0.15, 0.2) is 12.2 Å². The minimum absolute atomic E-state index is 0.0637. The third-order valence-corrected chi connectivity index (χ3v) is 7.42. The zero-order valence-electron chi connectivity index (χ0n) is 23.6. The van der Waals surface area contributed by atoms with Crippen molar-refractivity contribution < 1.29 is 43.0 Å². The molecule has 5 atom stereocenters. The maximum absolute atomic E-state index is 12.3. The Morgan fingerprint density at radius 1 is 0.884 bits per heavy atom. The van der Waals surface area contributed by atoms with Gasteiger partial charge in [-0.25, -0.2) is 0 Å². The highest BCUT2D eigenvalue weighted by Crippen LogP contribution is 2.38. The Labute approximate surface area is 251 Å². The molecule has 12 heteroatoms. The van der Waals surface area contributed by atoms with Crippen LogP contribution in [0.15, 0.2) is 71.6 Å². The molecule has 0 aliphatic carbocycles. The minimum Gasteiger partial charge on any atom is -0.463 e. The summed E-state index contributed by atoms with van der Waals surface area (Å²) in [6.45, 7) is 3.28. The molecule has 43 heavy (non-hydrogen) atoms. The van der Waals surface area contributed by atoms with Gasteiger partial charge in [0.25, 0.3) is 5.69 Å². The van der Waals surface area contributed by atoms with Gasteiger partial charge in [-0.1, -0.05) is 53.9 Å². The molecule has 0 N–H and O–H groups in total. The summed E-state index contributed by atoms with van der Waals surface area (Å²) < 4.78 is 28.9. The number of non-ortho nitro benzene ring substituents is 1. The second kappa shape index (κ2) is 14.6. The van der Waals surface area contributed by atoms with Crippen molar-refractivity contribution in [3.05, 3.63) is 82.4 Å². The number of nitrogens with zero attached hydrogens (tertiary/aromatic N) is 1. The van der Waals surface area contributed by atoms with Gasteiger partial charge in [0.1, 0.15) is 30.9 Å². The lowest BCUT2D eigenvalue weighted by molar-refractivity contribution is -0.384. The summed E-state index contributed by atoms with van der Waals surface area (Å²) in [5.74, 6) is 3.89. The van der Waals surface area contributed by atoms with Crippen LogP contribution in [-0.2, 0) is 38.1 Å². The zero-order valence-corrected chi connectivity index (χ0v) is 24.4. The first-order valence-corrected chi connectivity index (χ1v) is 14.1. The van der Waals surface area contributed by atoms with Crippen LogP contribution < -0.4 is 0 Å². The highest BCUT2D eigenvalue weighted by atomic mass is 32.2. The number of benzene rings is 3. The number of ether oxygens (including phenoxy) is 5. The monoisotopic (exact) mass is 607 g/mol. The van der Waals surface area contributed by atoms with Gasteiger partial charge >= 0.3 is 17.9 Å². The number of fused-ring (bicyclic) bond motifs is 1. The van der Waals surface area contributed by atoms with Crippen LogP contribution in [0.3, 0.4) is 0 Å². The number of esters is 3. The highest BCUT2D eigenvalue weighted by Gasteiger charge is 2.51. The van der Waals surface area contributed by atoms with E-state index in [1.165, 1.54) is 56.8 Å². The smallest absolute Gasteiger partial charge is 0.303 e. The van der Waals surface area contributed by atoms with Crippen molar-refractivity contribution in [2.75, 3.05) is 13.2 Å². The molecule has 1 heterocycles. The largest absolute Gasteiger partial charge is 0.463 e. The molecule has 11 nitrogen and oxygen atoms in total. The number of hydrogen-bond acceptors (Lipinski definition) is 11. The summed E-state index contributed by atoms with van der Waals surface area (Å²) >= 11 is 1.28. The molecule has 4 rings (SSSR count). The molecule has 1 saturated heterocycles. The molecule has 1 fully saturated rings. The number of nitro benzene ring substituents is 1. The Bertz CT molecular complexity index is 1550. The van der Waals surface area contributed by atoms with E-state index in [0.717, 1.165) is 15.7 Å². The van der Waals surface area contributed by atoms with Crippen LogP contribution in [0.4, 0.5) is 5.69 Å². The molecular formula is C31H29NO10S. The maximum Gasteiger partial charge on any atom is 0.303 e. The van der Waals surface area contributed by atoms with Gasteiger partial charge in [-0.05, 0) is 35.0 Å². The summed E-state index contributed by atoms with van der Waals surface area (Å²) in [5, 5.41) is 13.0. The zero-order chi connectivity index (χ0) is 30.9. The minimum atomic E-state index is -1.11. The van der Waals surface area contributed by atoms with Crippen LogP contribution in [0, 0.1) is 22.0 Å². The van der Waals surface area contributed by atoms with Crippen molar-refractivity contribution in [3.8, 4) is 11.8 Å². The van der Waals surface area contributed by atoms with E-state index in [-0.39, 0.29) is 18.9 Å². The quantitative estimate of drug-likeness (QED) is 0.112. The van der Waals surface area contributed by atoms with Gasteiger partial charge in [0.2, 0.25) is 0 Å². The molecule has 224 valence electrons. The molecule has 0 radical (unpaired) electrons. The summed E-state index contributed by atoms with van der Waals surface area (Å²) in [6.07, 6.45) is -4.17. The lowest BCUT2D eigenvalue weighted by Gasteiger charge is -2.44. The van der Waals surface area contributed by atoms with E-state index in [9.17, 15) is 24.5 Å². The molecule has 0 aromatic heterocycles. The van der Waals surface area contributed by atoms with Crippen LogP contribution in [0.25, 0.3) is 10.8 Å². The number of thioether (sulfide) groups is 1. The van der Waals surface area contributed by atoms with Crippen molar-refractivity contribution in [1.82, 2.24) is 0 Å². The van der Waals surface area contributed by atoms with E-state index in [2.05, 4.69) is 11.8 Å². The van der Waals surface area contributed by atoms with Gasteiger partial charge in [0, 0.05) is 43.4 Å². The summed E-state index contributed by atoms with van der Waals surface area (Å²) in [7, 11) is 0. The predicted molar refractivity (Wildman–Crippen MR) is 156 cm³/mol.